The summed E-state index contributed by atoms with van der Waals surface area (Å²) in [6.07, 6.45) is 0. The standard InChI is InChI=1S/C15H10FN3/c1-19(15-5-3-2-4-12(15)10-18)13-7-6-11(9-17)14(16)8-13/h2-8H,1H3. The van der Waals surface area contributed by atoms with E-state index in [1.807, 2.05) is 6.07 Å². The third kappa shape index (κ3) is 2.38. The highest BCUT2D eigenvalue weighted by molar-refractivity contribution is 5.69. The third-order valence-electron chi connectivity index (χ3n) is 2.85. The number of nitriles is 2. The van der Waals surface area contributed by atoms with Crippen molar-refractivity contribution < 1.29 is 4.39 Å². The van der Waals surface area contributed by atoms with Crippen LogP contribution < -0.4 is 4.90 Å². The molecule has 2 aromatic rings. The molecule has 0 aliphatic heterocycles. The average Bonchev–Trinajstić information content (AvgIpc) is 2.46. The number of halogens is 1. The fraction of sp³-hybridized carbons (Fsp3) is 0.0667. The van der Waals surface area contributed by atoms with Crippen LogP contribution in [-0.4, -0.2) is 7.05 Å². The van der Waals surface area contributed by atoms with E-state index in [2.05, 4.69) is 6.07 Å². The molecule has 0 aliphatic rings. The molecule has 0 aliphatic carbocycles. The summed E-state index contributed by atoms with van der Waals surface area (Å²) in [5.74, 6) is -0.568. The van der Waals surface area contributed by atoms with Crippen LogP contribution in [0, 0.1) is 28.5 Å². The van der Waals surface area contributed by atoms with Gasteiger partial charge in [0, 0.05) is 12.7 Å². The molecule has 0 fully saturated rings. The highest BCUT2D eigenvalue weighted by Crippen LogP contribution is 2.27. The molecule has 0 saturated carbocycles. The maximum absolute atomic E-state index is 13.6. The largest absolute Gasteiger partial charge is 0.343 e. The number of para-hydroxylation sites is 1. The second-order valence-electron chi connectivity index (χ2n) is 3.96. The average molecular weight is 251 g/mol. The number of anilines is 2. The van der Waals surface area contributed by atoms with Gasteiger partial charge in [0.15, 0.2) is 0 Å². The molecule has 0 heterocycles. The van der Waals surface area contributed by atoms with Gasteiger partial charge in [0.1, 0.15) is 18.0 Å². The van der Waals surface area contributed by atoms with Crippen molar-refractivity contribution in [2.75, 3.05) is 11.9 Å². The van der Waals surface area contributed by atoms with E-state index in [-0.39, 0.29) is 5.56 Å². The first-order chi connectivity index (χ1) is 9.17. The summed E-state index contributed by atoms with van der Waals surface area (Å²) >= 11 is 0. The number of benzene rings is 2. The zero-order valence-corrected chi connectivity index (χ0v) is 10.3. The van der Waals surface area contributed by atoms with Crippen LogP contribution in [0.15, 0.2) is 42.5 Å². The van der Waals surface area contributed by atoms with Gasteiger partial charge in [0.05, 0.1) is 16.8 Å². The smallest absolute Gasteiger partial charge is 0.143 e. The Morgan fingerprint density at radius 2 is 1.68 bits per heavy atom. The van der Waals surface area contributed by atoms with Gasteiger partial charge in [-0.1, -0.05) is 12.1 Å². The van der Waals surface area contributed by atoms with Crippen molar-refractivity contribution in [2.24, 2.45) is 0 Å². The number of hydrogen-bond donors (Lipinski definition) is 0. The molecule has 0 saturated heterocycles. The van der Waals surface area contributed by atoms with Gasteiger partial charge in [-0.15, -0.1) is 0 Å². The summed E-state index contributed by atoms with van der Waals surface area (Å²) in [6, 6.07) is 15.3. The van der Waals surface area contributed by atoms with Crippen LogP contribution in [0.25, 0.3) is 0 Å². The third-order valence-corrected chi connectivity index (χ3v) is 2.85. The lowest BCUT2D eigenvalue weighted by Gasteiger charge is -2.20. The summed E-state index contributed by atoms with van der Waals surface area (Å²) in [6.45, 7) is 0. The van der Waals surface area contributed by atoms with E-state index in [9.17, 15) is 4.39 Å². The second kappa shape index (κ2) is 5.20. The van der Waals surface area contributed by atoms with Crippen molar-refractivity contribution >= 4 is 11.4 Å². The molecule has 0 N–H and O–H groups in total. The number of hydrogen-bond acceptors (Lipinski definition) is 3. The molecule has 0 spiro atoms. The summed E-state index contributed by atoms with van der Waals surface area (Å²) in [5, 5.41) is 17.8. The van der Waals surface area contributed by atoms with Crippen LogP contribution in [0.1, 0.15) is 11.1 Å². The van der Waals surface area contributed by atoms with E-state index < -0.39 is 5.82 Å². The van der Waals surface area contributed by atoms with Crippen LogP contribution >= 0.6 is 0 Å². The zero-order valence-electron chi connectivity index (χ0n) is 10.3. The fourth-order valence-corrected chi connectivity index (χ4v) is 1.80. The lowest BCUT2D eigenvalue weighted by atomic mass is 10.1. The Bertz CT molecular complexity index is 695. The van der Waals surface area contributed by atoms with Gasteiger partial charge in [0.25, 0.3) is 0 Å². The van der Waals surface area contributed by atoms with E-state index >= 15 is 0 Å². The van der Waals surface area contributed by atoms with Crippen LogP contribution in [-0.2, 0) is 0 Å². The molecule has 0 amide bonds. The Balaban J connectivity index is 2.45. The summed E-state index contributed by atoms with van der Waals surface area (Å²) in [5.41, 5.74) is 1.79. The molecule has 2 aromatic carbocycles. The molecular weight excluding hydrogens is 241 g/mol. The van der Waals surface area contributed by atoms with Gasteiger partial charge in [-0.05, 0) is 30.3 Å². The molecule has 0 atom stereocenters. The van der Waals surface area contributed by atoms with Crippen molar-refractivity contribution in [1.29, 1.82) is 10.5 Å². The Labute approximate surface area is 110 Å². The Morgan fingerprint density at radius 3 is 2.32 bits per heavy atom. The van der Waals surface area contributed by atoms with Gasteiger partial charge >= 0.3 is 0 Å². The van der Waals surface area contributed by atoms with Gasteiger partial charge in [-0.25, -0.2) is 4.39 Å². The van der Waals surface area contributed by atoms with Gasteiger partial charge < -0.3 is 4.90 Å². The summed E-state index contributed by atoms with van der Waals surface area (Å²) in [4.78, 5) is 1.71. The van der Waals surface area contributed by atoms with Crippen molar-refractivity contribution in [3.8, 4) is 12.1 Å². The van der Waals surface area contributed by atoms with Gasteiger partial charge in [-0.2, -0.15) is 10.5 Å². The molecule has 92 valence electrons. The topological polar surface area (TPSA) is 50.8 Å². The summed E-state index contributed by atoms with van der Waals surface area (Å²) < 4.78 is 13.6. The minimum absolute atomic E-state index is 0.00529. The molecule has 0 unspecified atom stereocenters. The SMILES string of the molecule is CN(c1ccc(C#N)c(F)c1)c1ccccc1C#N. The highest BCUT2D eigenvalue weighted by Gasteiger charge is 2.10. The molecule has 2 rings (SSSR count). The Morgan fingerprint density at radius 1 is 1.00 bits per heavy atom. The van der Waals surface area contributed by atoms with Gasteiger partial charge in [-0.3, -0.25) is 0 Å². The molecule has 0 aromatic heterocycles. The van der Waals surface area contributed by atoms with E-state index in [0.29, 0.717) is 16.9 Å². The minimum Gasteiger partial charge on any atom is -0.343 e. The van der Waals surface area contributed by atoms with Crippen molar-refractivity contribution in [3.63, 3.8) is 0 Å². The Kier molecular flexibility index (Phi) is 3.45. The normalized spacial score (nSPS) is 9.47. The van der Waals surface area contributed by atoms with Gasteiger partial charge in [0.2, 0.25) is 0 Å². The molecule has 0 radical (unpaired) electrons. The maximum Gasteiger partial charge on any atom is 0.143 e. The minimum atomic E-state index is -0.568. The quantitative estimate of drug-likeness (QED) is 0.822. The van der Waals surface area contributed by atoms with Crippen LogP contribution in [0.2, 0.25) is 0 Å². The first-order valence-electron chi connectivity index (χ1n) is 5.60. The first-order valence-corrected chi connectivity index (χ1v) is 5.60. The maximum atomic E-state index is 13.6. The number of rotatable bonds is 2. The van der Waals surface area contributed by atoms with E-state index in [1.54, 1.807) is 42.3 Å². The zero-order chi connectivity index (χ0) is 13.8. The van der Waals surface area contributed by atoms with E-state index in [0.717, 1.165) is 0 Å². The number of nitrogens with zero attached hydrogens (tertiary/aromatic N) is 3. The molecule has 4 heteroatoms. The predicted molar refractivity (Wildman–Crippen MR) is 70.3 cm³/mol. The van der Waals surface area contributed by atoms with Crippen molar-refractivity contribution in [2.45, 2.75) is 0 Å². The first kappa shape index (κ1) is 12.6. The van der Waals surface area contributed by atoms with Crippen molar-refractivity contribution in [3.05, 3.63) is 59.4 Å². The summed E-state index contributed by atoms with van der Waals surface area (Å²) in [7, 11) is 1.75. The second-order valence-corrected chi connectivity index (χ2v) is 3.96. The highest BCUT2D eigenvalue weighted by atomic mass is 19.1. The monoisotopic (exact) mass is 251 g/mol. The molecule has 19 heavy (non-hydrogen) atoms. The Hall–Kier alpha value is -2.85. The molecule has 3 nitrogen and oxygen atoms in total. The molecular formula is C15H10FN3. The van der Waals surface area contributed by atoms with Crippen LogP contribution in [0.4, 0.5) is 15.8 Å². The lowest BCUT2D eigenvalue weighted by molar-refractivity contribution is 0.624. The van der Waals surface area contributed by atoms with Crippen LogP contribution in [0.3, 0.4) is 0 Å². The fourth-order valence-electron chi connectivity index (χ4n) is 1.80. The van der Waals surface area contributed by atoms with Crippen LogP contribution in [0.5, 0.6) is 0 Å². The van der Waals surface area contributed by atoms with E-state index in [4.69, 9.17) is 10.5 Å². The molecule has 0 bridgehead atoms. The lowest BCUT2D eigenvalue weighted by Crippen LogP contribution is -2.11. The van der Waals surface area contributed by atoms with E-state index in [1.165, 1.54) is 12.1 Å². The van der Waals surface area contributed by atoms with Crippen molar-refractivity contribution in [1.82, 2.24) is 0 Å². The predicted octanol–water partition coefficient (Wildman–Crippen LogP) is 3.34.